The Labute approximate surface area is 217 Å². The third-order valence-electron chi connectivity index (χ3n) is 5.82. The molecule has 5 aromatic rings. The molecule has 0 saturated heterocycles. The molecule has 10 heteroatoms. The zero-order valence-electron chi connectivity index (χ0n) is 20.3. The molecule has 37 heavy (non-hydrogen) atoms. The number of halogens is 2. The second kappa shape index (κ2) is 10.8. The summed E-state index contributed by atoms with van der Waals surface area (Å²) in [7, 11) is 1.53. The van der Waals surface area contributed by atoms with Crippen molar-refractivity contribution in [3.63, 3.8) is 0 Å². The van der Waals surface area contributed by atoms with Crippen LogP contribution in [-0.4, -0.2) is 33.1 Å². The van der Waals surface area contributed by atoms with Gasteiger partial charge in [0.2, 0.25) is 0 Å². The molecule has 2 heterocycles. The van der Waals surface area contributed by atoms with Crippen LogP contribution in [0.3, 0.4) is 0 Å². The minimum atomic E-state index is -0.425. The van der Waals surface area contributed by atoms with Gasteiger partial charge >= 0.3 is 0 Å². The number of nitrogens with zero attached hydrogens (tertiary/aromatic N) is 5. The van der Waals surface area contributed by atoms with Gasteiger partial charge < -0.3 is 14.0 Å². The molecular formula is C27H24ClFN6O2. The van der Waals surface area contributed by atoms with Crippen LogP contribution in [0.4, 0.5) is 10.3 Å². The summed E-state index contributed by atoms with van der Waals surface area (Å²) < 4.78 is 27.4. The SMILES string of the molecule is CCCn1c2ccccc2c2nnc(N/N=C/c3ccc(OCc4c(F)cccc4Cl)c(OC)c3)nc21. The number of nitrogens with one attached hydrogen (secondary N) is 1. The molecule has 0 spiro atoms. The molecule has 5 rings (SSSR count). The van der Waals surface area contributed by atoms with Gasteiger partial charge in [0, 0.05) is 17.5 Å². The Balaban J connectivity index is 1.32. The normalized spacial score (nSPS) is 11.5. The lowest BCUT2D eigenvalue weighted by atomic mass is 10.2. The van der Waals surface area contributed by atoms with E-state index in [1.54, 1.807) is 36.5 Å². The predicted molar refractivity (Wildman–Crippen MR) is 143 cm³/mol. The van der Waals surface area contributed by atoms with Gasteiger partial charge in [-0.3, -0.25) is 0 Å². The molecule has 0 fully saturated rings. The van der Waals surface area contributed by atoms with E-state index >= 15 is 0 Å². The van der Waals surface area contributed by atoms with Crippen LogP contribution in [0.15, 0.2) is 65.8 Å². The lowest BCUT2D eigenvalue weighted by molar-refractivity contribution is 0.280. The summed E-state index contributed by atoms with van der Waals surface area (Å²) in [5.41, 5.74) is 6.48. The van der Waals surface area contributed by atoms with Gasteiger partial charge in [0.1, 0.15) is 17.9 Å². The number of fused-ring (bicyclic) bond motifs is 3. The number of hydrogen-bond acceptors (Lipinski definition) is 7. The zero-order chi connectivity index (χ0) is 25.8. The predicted octanol–water partition coefficient (Wildman–Crippen LogP) is 6.22. The van der Waals surface area contributed by atoms with Crippen molar-refractivity contribution in [2.75, 3.05) is 12.5 Å². The Bertz CT molecular complexity index is 1580. The monoisotopic (exact) mass is 518 g/mol. The van der Waals surface area contributed by atoms with Crippen LogP contribution in [-0.2, 0) is 13.2 Å². The molecule has 0 aliphatic carbocycles. The van der Waals surface area contributed by atoms with Gasteiger partial charge in [-0.25, -0.2) is 9.82 Å². The number of methoxy groups -OCH3 is 1. The summed E-state index contributed by atoms with van der Waals surface area (Å²) in [5.74, 6) is 0.789. The molecule has 0 unspecified atom stereocenters. The second-order valence-electron chi connectivity index (χ2n) is 8.25. The highest BCUT2D eigenvalue weighted by Gasteiger charge is 2.14. The van der Waals surface area contributed by atoms with E-state index in [2.05, 4.69) is 43.3 Å². The van der Waals surface area contributed by atoms with Gasteiger partial charge in [-0.15, -0.1) is 10.2 Å². The van der Waals surface area contributed by atoms with Crippen molar-refractivity contribution in [1.82, 2.24) is 19.7 Å². The summed E-state index contributed by atoms with van der Waals surface area (Å²) in [5, 5.41) is 14.2. The topological polar surface area (TPSA) is 86.5 Å². The van der Waals surface area contributed by atoms with E-state index in [0.29, 0.717) is 16.5 Å². The number of aromatic nitrogens is 4. The van der Waals surface area contributed by atoms with Crippen molar-refractivity contribution < 1.29 is 13.9 Å². The fourth-order valence-electron chi connectivity index (χ4n) is 4.07. The molecule has 8 nitrogen and oxygen atoms in total. The number of hydrazone groups is 1. The van der Waals surface area contributed by atoms with Gasteiger partial charge in [0.05, 0.1) is 23.9 Å². The summed E-state index contributed by atoms with van der Waals surface area (Å²) in [6.45, 7) is 2.92. The highest BCUT2D eigenvalue weighted by molar-refractivity contribution is 6.31. The third-order valence-corrected chi connectivity index (χ3v) is 6.17. The van der Waals surface area contributed by atoms with Crippen molar-refractivity contribution in [1.29, 1.82) is 0 Å². The average Bonchev–Trinajstić information content (AvgIpc) is 3.22. The first-order valence-electron chi connectivity index (χ1n) is 11.7. The Morgan fingerprint density at radius 3 is 2.76 bits per heavy atom. The van der Waals surface area contributed by atoms with E-state index in [1.165, 1.54) is 13.2 Å². The summed E-state index contributed by atoms with van der Waals surface area (Å²) in [6.07, 6.45) is 2.57. The third kappa shape index (κ3) is 5.03. The minimum Gasteiger partial charge on any atom is -0.493 e. The fourth-order valence-corrected chi connectivity index (χ4v) is 4.29. The van der Waals surface area contributed by atoms with E-state index in [9.17, 15) is 4.39 Å². The number of rotatable bonds is 9. The quantitative estimate of drug-likeness (QED) is 0.184. The molecule has 0 bridgehead atoms. The number of aryl methyl sites for hydroxylation is 1. The lowest BCUT2D eigenvalue weighted by Gasteiger charge is -2.12. The van der Waals surface area contributed by atoms with Crippen molar-refractivity contribution in [3.05, 3.63) is 82.6 Å². The zero-order valence-corrected chi connectivity index (χ0v) is 21.0. The van der Waals surface area contributed by atoms with E-state index in [0.717, 1.165) is 40.6 Å². The molecule has 2 aromatic heterocycles. The van der Waals surface area contributed by atoms with Crippen LogP contribution < -0.4 is 14.9 Å². The highest BCUT2D eigenvalue weighted by atomic mass is 35.5. The van der Waals surface area contributed by atoms with Crippen LogP contribution >= 0.6 is 11.6 Å². The number of hydrogen-bond donors (Lipinski definition) is 1. The van der Waals surface area contributed by atoms with E-state index in [4.69, 9.17) is 21.1 Å². The van der Waals surface area contributed by atoms with E-state index in [-0.39, 0.29) is 18.1 Å². The van der Waals surface area contributed by atoms with Crippen LogP contribution in [0.5, 0.6) is 11.5 Å². The van der Waals surface area contributed by atoms with Gasteiger partial charge in [-0.2, -0.15) is 10.1 Å². The number of anilines is 1. The Hall–Kier alpha value is -4.24. The molecule has 0 saturated carbocycles. The molecule has 188 valence electrons. The first-order chi connectivity index (χ1) is 18.1. The first kappa shape index (κ1) is 24.5. The van der Waals surface area contributed by atoms with Gasteiger partial charge in [-0.1, -0.05) is 42.8 Å². The number of benzene rings is 3. The Kier molecular flexibility index (Phi) is 7.14. The molecule has 1 N–H and O–H groups in total. The maximum atomic E-state index is 14.0. The van der Waals surface area contributed by atoms with E-state index < -0.39 is 5.82 Å². The smallest absolute Gasteiger partial charge is 0.265 e. The number of para-hydroxylation sites is 1. The van der Waals surface area contributed by atoms with Crippen LogP contribution in [0.2, 0.25) is 5.02 Å². The van der Waals surface area contributed by atoms with Gasteiger partial charge in [0.15, 0.2) is 17.1 Å². The van der Waals surface area contributed by atoms with Crippen molar-refractivity contribution in [2.24, 2.45) is 5.10 Å². The van der Waals surface area contributed by atoms with Gasteiger partial charge in [0.25, 0.3) is 5.95 Å². The molecule has 0 radical (unpaired) electrons. The fraction of sp³-hybridized carbons (Fsp3) is 0.185. The van der Waals surface area contributed by atoms with Gasteiger partial charge in [-0.05, 0) is 48.4 Å². The molecular weight excluding hydrogens is 495 g/mol. The first-order valence-corrected chi connectivity index (χ1v) is 12.1. The molecule has 0 amide bonds. The summed E-state index contributed by atoms with van der Waals surface area (Å²) in [6, 6.07) is 17.9. The van der Waals surface area contributed by atoms with Crippen molar-refractivity contribution in [2.45, 2.75) is 26.5 Å². The van der Waals surface area contributed by atoms with Crippen molar-refractivity contribution >= 4 is 45.8 Å². The standard InChI is InChI=1S/C27H24ClFN6O2/c1-3-13-35-22-10-5-4-7-18(22)25-26(35)31-27(34-32-25)33-30-15-17-11-12-23(24(14-17)36-2)37-16-19-20(28)8-6-9-21(19)29/h4-12,14-15H,3,13,16H2,1-2H3,(H,31,33,34)/b30-15+. The van der Waals surface area contributed by atoms with Crippen molar-refractivity contribution in [3.8, 4) is 11.5 Å². The Morgan fingerprint density at radius 1 is 1.08 bits per heavy atom. The lowest BCUT2D eigenvalue weighted by Crippen LogP contribution is -2.03. The molecule has 0 aliphatic rings. The average molecular weight is 519 g/mol. The minimum absolute atomic E-state index is 0.0293. The summed E-state index contributed by atoms with van der Waals surface area (Å²) in [4.78, 5) is 4.66. The highest BCUT2D eigenvalue weighted by Crippen LogP contribution is 2.30. The van der Waals surface area contributed by atoms with Crippen LogP contribution in [0.1, 0.15) is 24.5 Å². The Morgan fingerprint density at radius 2 is 1.95 bits per heavy atom. The van der Waals surface area contributed by atoms with Crippen LogP contribution in [0.25, 0.3) is 22.1 Å². The molecule has 3 aromatic carbocycles. The molecule has 0 atom stereocenters. The summed E-state index contributed by atoms with van der Waals surface area (Å²) >= 11 is 6.09. The maximum Gasteiger partial charge on any atom is 0.265 e. The maximum absolute atomic E-state index is 14.0. The second-order valence-corrected chi connectivity index (χ2v) is 8.65. The largest absolute Gasteiger partial charge is 0.493 e. The molecule has 0 aliphatic heterocycles. The van der Waals surface area contributed by atoms with Crippen LogP contribution in [0, 0.1) is 5.82 Å². The number of ether oxygens (including phenoxy) is 2. The van der Waals surface area contributed by atoms with E-state index in [1.807, 2.05) is 18.2 Å².